The summed E-state index contributed by atoms with van der Waals surface area (Å²) in [6.07, 6.45) is 0. The standard InChI is InChI=1S/C11H7Cl2NO2/c1-5-9(13)7-3-2-6(12)4-8(7)14-10(5)11(15)16/h2-4H,1H3,(H,15,16). The molecule has 0 fully saturated rings. The highest BCUT2D eigenvalue weighted by Gasteiger charge is 2.15. The van der Waals surface area contributed by atoms with Gasteiger partial charge in [0.1, 0.15) is 0 Å². The molecule has 1 N–H and O–H groups in total. The second kappa shape index (κ2) is 3.92. The molecule has 0 aliphatic heterocycles. The zero-order chi connectivity index (χ0) is 11.9. The summed E-state index contributed by atoms with van der Waals surface area (Å²) in [7, 11) is 0. The van der Waals surface area contributed by atoms with Crippen LogP contribution in [0.2, 0.25) is 10.0 Å². The topological polar surface area (TPSA) is 50.2 Å². The average molecular weight is 256 g/mol. The highest BCUT2D eigenvalue weighted by atomic mass is 35.5. The van der Waals surface area contributed by atoms with Crippen molar-refractivity contribution < 1.29 is 9.90 Å². The first-order valence-electron chi connectivity index (χ1n) is 4.49. The highest BCUT2D eigenvalue weighted by molar-refractivity contribution is 6.37. The number of carbonyl (C=O) groups is 1. The van der Waals surface area contributed by atoms with Crippen molar-refractivity contribution in [3.05, 3.63) is 39.5 Å². The number of pyridine rings is 1. The minimum atomic E-state index is -1.10. The van der Waals surface area contributed by atoms with E-state index in [-0.39, 0.29) is 5.69 Å². The van der Waals surface area contributed by atoms with Crippen LogP contribution in [0.25, 0.3) is 10.9 Å². The predicted molar refractivity (Wildman–Crippen MR) is 63.5 cm³/mol. The van der Waals surface area contributed by atoms with Gasteiger partial charge in [0.25, 0.3) is 0 Å². The summed E-state index contributed by atoms with van der Waals surface area (Å²) in [5, 5.41) is 10.6. The minimum absolute atomic E-state index is 0.0419. The monoisotopic (exact) mass is 255 g/mol. The van der Waals surface area contributed by atoms with E-state index in [4.69, 9.17) is 28.3 Å². The fourth-order valence-corrected chi connectivity index (χ4v) is 1.92. The molecule has 16 heavy (non-hydrogen) atoms. The van der Waals surface area contributed by atoms with Gasteiger partial charge in [0.2, 0.25) is 0 Å². The maximum absolute atomic E-state index is 10.9. The van der Waals surface area contributed by atoms with Gasteiger partial charge in [-0.05, 0) is 25.1 Å². The normalized spacial score (nSPS) is 10.7. The molecular formula is C11H7Cl2NO2. The lowest BCUT2D eigenvalue weighted by Crippen LogP contribution is -2.04. The Morgan fingerprint density at radius 3 is 2.69 bits per heavy atom. The molecule has 5 heteroatoms. The number of rotatable bonds is 1. The van der Waals surface area contributed by atoms with E-state index in [1.807, 2.05) is 0 Å². The first-order chi connectivity index (χ1) is 7.50. The molecule has 0 radical (unpaired) electrons. The summed E-state index contributed by atoms with van der Waals surface area (Å²) in [6, 6.07) is 5.01. The van der Waals surface area contributed by atoms with Gasteiger partial charge in [0, 0.05) is 16.0 Å². The lowest BCUT2D eigenvalue weighted by atomic mass is 10.1. The first kappa shape index (κ1) is 11.2. The predicted octanol–water partition coefficient (Wildman–Crippen LogP) is 3.55. The number of hydrogen-bond acceptors (Lipinski definition) is 2. The van der Waals surface area contributed by atoms with E-state index >= 15 is 0 Å². The number of fused-ring (bicyclic) bond motifs is 1. The van der Waals surface area contributed by atoms with Crippen molar-refractivity contribution in [3.63, 3.8) is 0 Å². The number of carboxylic acid groups (broad SMARTS) is 1. The number of aromatic nitrogens is 1. The van der Waals surface area contributed by atoms with Gasteiger partial charge in [0.05, 0.1) is 10.5 Å². The van der Waals surface area contributed by atoms with Crippen LogP contribution in [-0.2, 0) is 0 Å². The molecule has 82 valence electrons. The molecule has 1 aromatic heterocycles. The number of carboxylic acids is 1. The molecule has 0 spiro atoms. The van der Waals surface area contributed by atoms with Crippen molar-refractivity contribution in [3.8, 4) is 0 Å². The van der Waals surface area contributed by atoms with E-state index in [0.717, 1.165) is 0 Å². The lowest BCUT2D eigenvalue weighted by Gasteiger charge is -2.07. The Bertz CT molecular complexity index is 596. The molecule has 0 aliphatic carbocycles. The van der Waals surface area contributed by atoms with Gasteiger partial charge in [-0.2, -0.15) is 0 Å². The maximum Gasteiger partial charge on any atom is 0.354 e. The van der Waals surface area contributed by atoms with Gasteiger partial charge >= 0.3 is 5.97 Å². The molecule has 0 amide bonds. The molecule has 0 saturated carbocycles. The minimum Gasteiger partial charge on any atom is -0.477 e. The average Bonchev–Trinajstić information content (AvgIpc) is 2.22. The maximum atomic E-state index is 10.9. The van der Waals surface area contributed by atoms with Crippen LogP contribution in [0.5, 0.6) is 0 Å². The molecule has 0 unspecified atom stereocenters. The van der Waals surface area contributed by atoms with Gasteiger partial charge in [-0.25, -0.2) is 9.78 Å². The zero-order valence-corrected chi connectivity index (χ0v) is 9.80. The number of hydrogen-bond donors (Lipinski definition) is 1. The van der Waals surface area contributed by atoms with Crippen LogP contribution < -0.4 is 0 Å². The van der Waals surface area contributed by atoms with Crippen molar-refractivity contribution >= 4 is 40.1 Å². The Kier molecular flexibility index (Phi) is 2.74. The Hall–Kier alpha value is -1.32. The second-order valence-corrected chi connectivity index (χ2v) is 4.18. The smallest absolute Gasteiger partial charge is 0.354 e. The summed E-state index contributed by atoms with van der Waals surface area (Å²) in [5.74, 6) is -1.10. The van der Waals surface area contributed by atoms with Crippen molar-refractivity contribution in [1.82, 2.24) is 4.98 Å². The molecule has 0 saturated heterocycles. The summed E-state index contributed by atoms with van der Waals surface area (Å²) in [6.45, 7) is 1.63. The third-order valence-electron chi connectivity index (χ3n) is 2.32. The summed E-state index contributed by atoms with van der Waals surface area (Å²) in [5.41, 5.74) is 0.907. The Balaban J connectivity index is 2.88. The zero-order valence-electron chi connectivity index (χ0n) is 8.29. The molecule has 3 nitrogen and oxygen atoms in total. The molecule has 1 heterocycles. The molecule has 2 rings (SSSR count). The molecular weight excluding hydrogens is 249 g/mol. The first-order valence-corrected chi connectivity index (χ1v) is 5.25. The van der Waals surface area contributed by atoms with Gasteiger partial charge < -0.3 is 5.11 Å². The SMILES string of the molecule is Cc1c(C(=O)O)nc2cc(Cl)ccc2c1Cl. The third-order valence-corrected chi connectivity index (χ3v) is 3.04. The Labute approximate surface area is 102 Å². The van der Waals surface area contributed by atoms with Crippen LogP contribution >= 0.6 is 23.2 Å². The van der Waals surface area contributed by atoms with Gasteiger partial charge in [0.15, 0.2) is 5.69 Å². The lowest BCUT2D eigenvalue weighted by molar-refractivity contribution is 0.0690. The fourth-order valence-electron chi connectivity index (χ4n) is 1.50. The molecule has 0 bridgehead atoms. The van der Waals surface area contributed by atoms with Crippen molar-refractivity contribution in [2.45, 2.75) is 6.92 Å². The third kappa shape index (κ3) is 1.72. The van der Waals surface area contributed by atoms with E-state index in [9.17, 15) is 4.79 Å². The summed E-state index contributed by atoms with van der Waals surface area (Å²) >= 11 is 11.9. The van der Waals surface area contributed by atoms with Crippen LogP contribution in [0.3, 0.4) is 0 Å². The van der Waals surface area contributed by atoms with Crippen molar-refractivity contribution in [2.24, 2.45) is 0 Å². The van der Waals surface area contributed by atoms with Crippen LogP contribution in [0.15, 0.2) is 18.2 Å². The van der Waals surface area contributed by atoms with Gasteiger partial charge in [-0.1, -0.05) is 23.2 Å². The molecule has 0 atom stereocenters. The van der Waals surface area contributed by atoms with Crippen LogP contribution in [-0.4, -0.2) is 16.1 Å². The highest BCUT2D eigenvalue weighted by Crippen LogP contribution is 2.29. The molecule has 0 aliphatic rings. The van der Waals surface area contributed by atoms with E-state index in [1.54, 1.807) is 25.1 Å². The summed E-state index contributed by atoms with van der Waals surface area (Å²) < 4.78 is 0. The van der Waals surface area contributed by atoms with Gasteiger partial charge in [-0.3, -0.25) is 0 Å². The summed E-state index contributed by atoms with van der Waals surface area (Å²) in [4.78, 5) is 15.0. The Morgan fingerprint density at radius 2 is 2.06 bits per heavy atom. The van der Waals surface area contributed by atoms with Crippen LogP contribution in [0.4, 0.5) is 0 Å². The number of aromatic carboxylic acids is 1. The second-order valence-electron chi connectivity index (χ2n) is 3.37. The van der Waals surface area contributed by atoms with Crippen molar-refractivity contribution in [2.75, 3.05) is 0 Å². The van der Waals surface area contributed by atoms with E-state index < -0.39 is 5.97 Å². The van der Waals surface area contributed by atoms with E-state index in [0.29, 0.717) is 26.5 Å². The van der Waals surface area contributed by atoms with E-state index in [1.165, 1.54) is 0 Å². The largest absolute Gasteiger partial charge is 0.477 e. The quantitative estimate of drug-likeness (QED) is 0.848. The number of halogens is 2. The van der Waals surface area contributed by atoms with E-state index in [2.05, 4.69) is 4.98 Å². The van der Waals surface area contributed by atoms with Crippen molar-refractivity contribution in [1.29, 1.82) is 0 Å². The Morgan fingerprint density at radius 1 is 1.38 bits per heavy atom. The molecule has 2 aromatic rings. The van der Waals surface area contributed by atoms with Gasteiger partial charge in [-0.15, -0.1) is 0 Å². The van der Waals surface area contributed by atoms with Crippen LogP contribution in [0.1, 0.15) is 16.1 Å². The number of nitrogens with zero attached hydrogens (tertiary/aromatic N) is 1. The van der Waals surface area contributed by atoms with Crippen LogP contribution in [0, 0.1) is 6.92 Å². The number of benzene rings is 1. The fraction of sp³-hybridized carbons (Fsp3) is 0.0909. The molecule has 1 aromatic carbocycles.